The van der Waals surface area contributed by atoms with Crippen molar-refractivity contribution >= 4 is 0 Å². The molecule has 1 fully saturated rings. The first-order valence-electron chi connectivity index (χ1n) is 3.25. The fourth-order valence-corrected chi connectivity index (χ4v) is 1.61. The molecule has 0 aromatic rings. The van der Waals surface area contributed by atoms with Crippen molar-refractivity contribution in [2.24, 2.45) is 5.92 Å². The van der Waals surface area contributed by atoms with Crippen LogP contribution in [0.4, 0.5) is 0 Å². The van der Waals surface area contributed by atoms with E-state index in [1.807, 2.05) is 0 Å². The molecule has 1 nitrogen and oxygen atoms in total. The summed E-state index contributed by atoms with van der Waals surface area (Å²) in [5.74, 6) is 0.579. The summed E-state index contributed by atoms with van der Waals surface area (Å²) < 4.78 is 0. The van der Waals surface area contributed by atoms with Crippen LogP contribution < -0.4 is 0 Å². The maximum absolute atomic E-state index is 9.17. The first-order chi connectivity index (χ1) is 3.88. The average molecular weight is 110 g/mol. The molecule has 2 aliphatic carbocycles. The Morgan fingerprint density at radius 1 is 1.62 bits per heavy atom. The SMILES string of the molecule is OC1CC=C2CCC21. The second kappa shape index (κ2) is 1.35. The largest absolute Gasteiger partial charge is 0.392 e. The van der Waals surface area contributed by atoms with Crippen molar-refractivity contribution in [3.05, 3.63) is 11.6 Å². The van der Waals surface area contributed by atoms with Gasteiger partial charge in [-0.2, -0.15) is 0 Å². The van der Waals surface area contributed by atoms with Gasteiger partial charge in [0.25, 0.3) is 0 Å². The van der Waals surface area contributed by atoms with Gasteiger partial charge in [0.1, 0.15) is 0 Å². The van der Waals surface area contributed by atoms with Gasteiger partial charge in [-0.25, -0.2) is 0 Å². The Hall–Kier alpha value is -0.300. The first kappa shape index (κ1) is 4.57. The van der Waals surface area contributed by atoms with Crippen molar-refractivity contribution in [1.82, 2.24) is 0 Å². The van der Waals surface area contributed by atoms with Gasteiger partial charge in [0.05, 0.1) is 6.10 Å². The Bertz CT molecular complexity index is 137. The van der Waals surface area contributed by atoms with Gasteiger partial charge in [0.15, 0.2) is 0 Å². The number of fused-ring (bicyclic) bond motifs is 1. The highest BCUT2D eigenvalue weighted by Gasteiger charge is 2.34. The van der Waals surface area contributed by atoms with Crippen LogP contribution in [-0.4, -0.2) is 11.2 Å². The molecule has 44 valence electrons. The van der Waals surface area contributed by atoms with E-state index >= 15 is 0 Å². The van der Waals surface area contributed by atoms with Crippen LogP contribution >= 0.6 is 0 Å². The highest BCUT2D eigenvalue weighted by molar-refractivity contribution is 5.22. The Kier molecular flexibility index (Phi) is 0.770. The van der Waals surface area contributed by atoms with E-state index in [0.29, 0.717) is 5.92 Å². The minimum absolute atomic E-state index is 0.0150. The highest BCUT2D eigenvalue weighted by atomic mass is 16.3. The lowest BCUT2D eigenvalue weighted by molar-refractivity contribution is 0.117. The van der Waals surface area contributed by atoms with Crippen molar-refractivity contribution < 1.29 is 5.11 Å². The van der Waals surface area contributed by atoms with Gasteiger partial charge in [0, 0.05) is 5.92 Å². The van der Waals surface area contributed by atoms with Crippen LogP contribution in [0.5, 0.6) is 0 Å². The lowest BCUT2D eigenvalue weighted by Gasteiger charge is -2.27. The van der Waals surface area contributed by atoms with Crippen LogP contribution in [0.1, 0.15) is 19.3 Å². The molecule has 0 spiro atoms. The molecule has 0 saturated heterocycles. The van der Waals surface area contributed by atoms with Crippen LogP contribution in [-0.2, 0) is 0 Å². The van der Waals surface area contributed by atoms with Crippen LogP contribution in [0.3, 0.4) is 0 Å². The summed E-state index contributed by atoms with van der Waals surface area (Å²) in [6, 6.07) is 0. The third kappa shape index (κ3) is 0.402. The summed E-state index contributed by atoms with van der Waals surface area (Å²) in [6.45, 7) is 0. The Morgan fingerprint density at radius 2 is 2.50 bits per heavy atom. The van der Waals surface area contributed by atoms with Gasteiger partial charge in [-0.05, 0) is 19.3 Å². The zero-order valence-electron chi connectivity index (χ0n) is 4.80. The average Bonchev–Trinajstić information content (AvgIpc) is 1.80. The second-order valence-electron chi connectivity index (χ2n) is 2.73. The third-order valence-electron chi connectivity index (χ3n) is 2.31. The van der Waals surface area contributed by atoms with Crippen molar-refractivity contribution in [2.45, 2.75) is 25.4 Å². The summed E-state index contributed by atoms with van der Waals surface area (Å²) in [5.41, 5.74) is 1.51. The maximum atomic E-state index is 9.17. The topological polar surface area (TPSA) is 20.2 Å². The minimum Gasteiger partial charge on any atom is -0.392 e. The Balaban J connectivity index is 2.17. The van der Waals surface area contributed by atoms with E-state index in [-0.39, 0.29) is 6.10 Å². The third-order valence-corrected chi connectivity index (χ3v) is 2.31. The van der Waals surface area contributed by atoms with Crippen molar-refractivity contribution in [3.8, 4) is 0 Å². The van der Waals surface area contributed by atoms with Gasteiger partial charge in [-0.15, -0.1) is 0 Å². The predicted octanol–water partition coefficient (Wildman–Crippen LogP) is 1.09. The number of aliphatic hydroxyl groups excluding tert-OH is 1. The number of rotatable bonds is 0. The lowest BCUT2D eigenvalue weighted by atomic mass is 9.80. The summed E-state index contributed by atoms with van der Waals surface area (Å²) in [6.07, 6.45) is 5.58. The van der Waals surface area contributed by atoms with E-state index in [2.05, 4.69) is 6.08 Å². The molecule has 1 heteroatoms. The lowest BCUT2D eigenvalue weighted by Crippen LogP contribution is -2.23. The van der Waals surface area contributed by atoms with Gasteiger partial charge in [-0.1, -0.05) is 11.6 Å². The molecular formula is C7H10O. The summed E-state index contributed by atoms with van der Waals surface area (Å²) in [4.78, 5) is 0. The molecular weight excluding hydrogens is 100 g/mol. The summed E-state index contributed by atoms with van der Waals surface area (Å²) in [5, 5.41) is 9.17. The zero-order valence-corrected chi connectivity index (χ0v) is 4.80. The Labute approximate surface area is 49.0 Å². The molecule has 2 aliphatic rings. The standard InChI is InChI=1S/C7H10O/c8-7-4-2-5-1-3-6(5)7/h2,6-8H,1,3-4H2. The van der Waals surface area contributed by atoms with Crippen LogP contribution in [0, 0.1) is 5.92 Å². The molecule has 2 atom stereocenters. The van der Waals surface area contributed by atoms with E-state index in [9.17, 15) is 0 Å². The summed E-state index contributed by atoms with van der Waals surface area (Å²) in [7, 11) is 0. The maximum Gasteiger partial charge on any atom is 0.0640 e. The Morgan fingerprint density at radius 3 is 2.75 bits per heavy atom. The molecule has 1 saturated carbocycles. The number of aliphatic hydroxyl groups is 1. The first-order valence-corrected chi connectivity index (χ1v) is 3.25. The molecule has 0 aromatic heterocycles. The fourth-order valence-electron chi connectivity index (χ4n) is 1.61. The molecule has 2 unspecified atom stereocenters. The zero-order chi connectivity index (χ0) is 5.56. The summed E-state index contributed by atoms with van der Waals surface area (Å²) >= 11 is 0. The van der Waals surface area contributed by atoms with E-state index < -0.39 is 0 Å². The van der Waals surface area contributed by atoms with Crippen LogP contribution in [0.25, 0.3) is 0 Å². The van der Waals surface area contributed by atoms with Crippen LogP contribution in [0.15, 0.2) is 11.6 Å². The second-order valence-corrected chi connectivity index (χ2v) is 2.73. The minimum atomic E-state index is -0.0150. The van der Waals surface area contributed by atoms with Gasteiger partial charge < -0.3 is 5.11 Å². The van der Waals surface area contributed by atoms with Crippen LogP contribution in [0.2, 0.25) is 0 Å². The van der Waals surface area contributed by atoms with E-state index in [0.717, 1.165) is 6.42 Å². The quantitative estimate of drug-likeness (QED) is 0.463. The molecule has 0 radical (unpaired) electrons. The van der Waals surface area contributed by atoms with Gasteiger partial charge in [0.2, 0.25) is 0 Å². The molecule has 0 aromatic carbocycles. The van der Waals surface area contributed by atoms with Crippen molar-refractivity contribution in [3.63, 3.8) is 0 Å². The molecule has 0 aliphatic heterocycles. The van der Waals surface area contributed by atoms with Crippen molar-refractivity contribution in [2.75, 3.05) is 0 Å². The van der Waals surface area contributed by atoms with Gasteiger partial charge >= 0.3 is 0 Å². The molecule has 0 bridgehead atoms. The fraction of sp³-hybridized carbons (Fsp3) is 0.714. The molecule has 0 amide bonds. The normalized spacial score (nSPS) is 42.9. The van der Waals surface area contributed by atoms with E-state index in [4.69, 9.17) is 5.11 Å². The molecule has 1 N–H and O–H groups in total. The van der Waals surface area contributed by atoms with E-state index in [1.165, 1.54) is 18.4 Å². The van der Waals surface area contributed by atoms with E-state index in [1.54, 1.807) is 0 Å². The van der Waals surface area contributed by atoms with Crippen molar-refractivity contribution in [1.29, 1.82) is 0 Å². The molecule has 0 heterocycles. The molecule has 2 rings (SSSR count). The molecule has 8 heavy (non-hydrogen) atoms. The highest BCUT2D eigenvalue weighted by Crippen LogP contribution is 2.41. The number of hydrogen-bond donors (Lipinski definition) is 1. The predicted molar refractivity (Wildman–Crippen MR) is 31.4 cm³/mol. The van der Waals surface area contributed by atoms with Gasteiger partial charge in [-0.3, -0.25) is 0 Å². The monoisotopic (exact) mass is 110 g/mol. The smallest absolute Gasteiger partial charge is 0.0640 e. The number of hydrogen-bond acceptors (Lipinski definition) is 1.